The average molecular weight is 229 g/mol. The van der Waals surface area contributed by atoms with E-state index in [-0.39, 0.29) is 0 Å². The Hall–Kier alpha value is -0.910. The Bertz CT molecular complexity index is 448. The first-order valence-corrected chi connectivity index (χ1v) is 5.26. The molecule has 0 unspecified atom stereocenters. The fraction of sp³-hybridized carbons (Fsp3) is 0.250. The molecule has 4 nitrogen and oxygen atoms in total. The Balaban J connectivity index is 2.45. The summed E-state index contributed by atoms with van der Waals surface area (Å²) < 4.78 is 2.46. The number of aromatic nitrogens is 3. The normalized spacial score (nSPS) is 10.8. The van der Waals surface area contributed by atoms with E-state index in [9.17, 15) is 0 Å². The van der Waals surface area contributed by atoms with E-state index in [1.54, 1.807) is 4.68 Å². The molecular formula is C8H9ClN4S. The number of rotatable bonds is 2. The summed E-state index contributed by atoms with van der Waals surface area (Å²) in [4.78, 5) is 5.29. The van der Waals surface area contributed by atoms with Crippen LogP contribution in [0.4, 0.5) is 0 Å². The van der Waals surface area contributed by atoms with Gasteiger partial charge in [-0.1, -0.05) is 11.6 Å². The van der Waals surface area contributed by atoms with Crippen LogP contribution in [0, 0.1) is 0 Å². The lowest BCUT2D eigenvalue weighted by atomic mass is 10.4. The topological polar surface area (TPSA) is 56.7 Å². The van der Waals surface area contributed by atoms with Crippen molar-refractivity contribution in [3.8, 4) is 10.7 Å². The van der Waals surface area contributed by atoms with Crippen molar-refractivity contribution in [1.29, 1.82) is 0 Å². The Morgan fingerprint density at radius 2 is 2.36 bits per heavy atom. The van der Waals surface area contributed by atoms with Gasteiger partial charge in [0, 0.05) is 7.05 Å². The molecule has 0 aliphatic heterocycles. The second-order valence-corrected chi connectivity index (χ2v) is 4.50. The summed E-state index contributed by atoms with van der Waals surface area (Å²) in [5.74, 6) is 1.45. The van der Waals surface area contributed by atoms with Crippen LogP contribution in [-0.4, -0.2) is 14.8 Å². The van der Waals surface area contributed by atoms with Gasteiger partial charge < -0.3 is 5.73 Å². The molecule has 0 aliphatic rings. The molecule has 0 atom stereocenters. The zero-order valence-electron chi connectivity index (χ0n) is 7.57. The Morgan fingerprint density at radius 3 is 2.86 bits per heavy atom. The number of halogens is 1. The summed E-state index contributed by atoms with van der Waals surface area (Å²) in [6.07, 6.45) is 0. The van der Waals surface area contributed by atoms with Crippen molar-refractivity contribution in [1.82, 2.24) is 14.8 Å². The van der Waals surface area contributed by atoms with Gasteiger partial charge in [-0.15, -0.1) is 11.3 Å². The molecule has 6 heteroatoms. The zero-order chi connectivity index (χ0) is 10.1. The van der Waals surface area contributed by atoms with Crippen molar-refractivity contribution >= 4 is 22.9 Å². The molecule has 74 valence electrons. The molecule has 0 aromatic carbocycles. The van der Waals surface area contributed by atoms with Crippen LogP contribution in [0.25, 0.3) is 10.7 Å². The Kier molecular flexibility index (Phi) is 2.54. The van der Waals surface area contributed by atoms with Gasteiger partial charge in [-0.3, -0.25) is 0 Å². The predicted octanol–water partition coefficient (Wildman–Crippen LogP) is 1.66. The van der Waals surface area contributed by atoms with Crippen molar-refractivity contribution in [2.24, 2.45) is 12.8 Å². The number of aryl methyl sites for hydroxylation is 1. The van der Waals surface area contributed by atoms with E-state index < -0.39 is 0 Å². The number of nitrogens with zero attached hydrogens (tertiary/aromatic N) is 3. The molecule has 2 N–H and O–H groups in total. The van der Waals surface area contributed by atoms with Gasteiger partial charge in [-0.2, -0.15) is 5.10 Å². The lowest BCUT2D eigenvalue weighted by Gasteiger charge is -1.93. The van der Waals surface area contributed by atoms with Crippen LogP contribution in [0.5, 0.6) is 0 Å². The molecule has 0 radical (unpaired) electrons. The number of nitrogens with two attached hydrogens (primary N) is 1. The van der Waals surface area contributed by atoms with Gasteiger partial charge >= 0.3 is 0 Å². The first kappa shape index (κ1) is 9.64. The van der Waals surface area contributed by atoms with E-state index in [1.807, 2.05) is 19.2 Å². The minimum absolute atomic E-state index is 0.354. The second-order valence-electron chi connectivity index (χ2n) is 2.78. The highest BCUT2D eigenvalue weighted by Crippen LogP contribution is 2.29. The molecule has 0 bridgehead atoms. The van der Waals surface area contributed by atoms with Crippen molar-refractivity contribution in [3.63, 3.8) is 0 Å². The highest BCUT2D eigenvalue weighted by atomic mass is 35.5. The lowest BCUT2D eigenvalue weighted by molar-refractivity contribution is 0.750. The van der Waals surface area contributed by atoms with E-state index in [1.165, 1.54) is 11.3 Å². The fourth-order valence-corrected chi connectivity index (χ4v) is 2.24. The van der Waals surface area contributed by atoms with Crippen LogP contribution in [0.15, 0.2) is 12.1 Å². The highest BCUT2D eigenvalue weighted by molar-refractivity contribution is 7.19. The van der Waals surface area contributed by atoms with Crippen LogP contribution in [0.3, 0.4) is 0 Å². The maximum atomic E-state index is 5.84. The molecule has 2 rings (SSSR count). The van der Waals surface area contributed by atoms with E-state index in [0.29, 0.717) is 12.4 Å². The van der Waals surface area contributed by atoms with Gasteiger partial charge in [0.05, 0.1) is 15.8 Å². The second kappa shape index (κ2) is 3.68. The summed E-state index contributed by atoms with van der Waals surface area (Å²) in [6, 6.07) is 3.77. The van der Waals surface area contributed by atoms with E-state index in [0.717, 1.165) is 15.0 Å². The largest absolute Gasteiger partial charge is 0.324 e. The number of hydrogen-bond acceptors (Lipinski definition) is 4. The van der Waals surface area contributed by atoms with Crippen molar-refractivity contribution in [2.45, 2.75) is 6.54 Å². The zero-order valence-corrected chi connectivity index (χ0v) is 9.14. The maximum Gasteiger partial charge on any atom is 0.168 e. The quantitative estimate of drug-likeness (QED) is 0.851. The number of thiophene rings is 1. The van der Waals surface area contributed by atoms with E-state index in [2.05, 4.69) is 10.1 Å². The standard InChI is InChI=1S/C8H9ClN4S/c1-13-8(11-7(4-10)12-13)5-2-3-6(9)14-5/h2-3H,4,10H2,1H3. The van der Waals surface area contributed by atoms with Gasteiger partial charge in [-0.25, -0.2) is 9.67 Å². The molecule has 0 amide bonds. The Labute approximate surface area is 90.3 Å². The minimum Gasteiger partial charge on any atom is -0.324 e. The van der Waals surface area contributed by atoms with Crippen LogP contribution in [-0.2, 0) is 13.6 Å². The Morgan fingerprint density at radius 1 is 1.57 bits per heavy atom. The summed E-state index contributed by atoms with van der Waals surface area (Å²) in [6.45, 7) is 0.354. The molecule has 14 heavy (non-hydrogen) atoms. The minimum atomic E-state index is 0.354. The van der Waals surface area contributed by atoms with Crippen molar-refractivity contribution < 1.29 is 0 Å². The fourth-order valence-electron chi connectivity index (χ4n) is 1.17. The van der Waals surface area contributed by atoms with Crippen LogP contribution in [0.1, 0.15) is 5.82 Å². The maximum absolute atomic E-state index is 5.84. The monoisotopic (exact) mass is 228 g/mol. The highest BCUT2D eigenvalue weighted by Gasteiger charge is 2.10. The van der Waals surface area contributed by atoms with Gasteiger partial charge in [0.2, 0.25) is 0 Å². The SMILES string of the molecule is Cn1nc(CN)nc1-c1ccc(Cl)s1. The smallest absolute Gasteiger partial charge is 0.168 e. The van der Waals surface area contributed by atoms with Gasteiger partial charge in [0.15, 0.2) is 11.6 Å². The molecular weight excluding hydrogens is 220 g/mol. The molecule has 0 spiro atoms. The van der Waals surface area contributed by atoms with Gasteiger partial charge in [-0.05, 0) is 12.1 Å². The molecule has 2 heterocycles. The van der Waals surface area contributed by atoms with Crippen LogP contribution >= 0.6 is 22.9 Å². The molecule has 2 aromatic rings. The summed E-state index contributed by atoms with van der Waals surface area (Å²) in [5.41, 5.74) is 5.45. The first-order chi connectivity index (χ1) is 6.70. The lowest BCUT2D eigenvalue weighted by Crippen LogP contribution is -1.99. The third-order valence-corrected chi connectivity index (χ3v) is 3.01. The number of hydrogen-bond donors (Lipinski definition) is 1. The molecule has 0 saturated heterocycles. The van der Waals surface area contributed by atoms with Gasteiger partial charge in [0.25, 0.3) is 0 Å². The van der Waals surface area contributed by atoms with Crippen LogP contribution < -0.4 is 5.73 Å². The first-order valence-electron chi connectivity index (χ1n) is 4.06. The van der Waals surface area contributed by atoms with E-state index >= 15 is 0 Å². The third-order valence-electron chi connectivity index (χ3n) is 1.78. The molecule has 0 aliphatic carbocycles. The summed E-state index contributed by atoms with van der Waals surface area (Å²) in [5, 5.41) is 4.16. The molecule has 0 saturated carbocycles. The van der Waals surface area contributed by atoms with Crippen LogP contribution in [0.2, 0.25) is 4.34 Å². The van der Waals surface area contributed by atoms with Crippen molar-refractivity contribution in [2.75, 3.05) is 0 Å². The average Bonchev–Trinajstić information content (AvgIpc) is 2.71. The van der Waals surface area contributed by atoms with Gasteiger partial charge in [0.1, 0.15) is 0 Å². The molecule has 0 fully saturated rings. The third kappa shape index (κ3) is 1.66. The van der Waals surface area contributed by atoms with Crippen molar-refractivity contribution in [3.05, 3.63) is 22.3 Å². The predicted molar refractivity (Wildman–Crippen MR) is 57.2 cm³/mol. The van der Waals surface area contributed by atoms with E-state index in [4.69, 9.17) is 17.3 Å². The molecule has 2 aromatic heterocycles. The summed E-state index contributed by atoms with van der Waals surface area (Å²) in [7, 11) is 1.84. The summed E-state index contributed by atoms with van der Waals surface area (Å²) >= 11 is 7.32.